The maximum atomic E-state index is 11.2. The first-order valence-electron chi connectivity index (χ1n) is 5.00. The third-order valence-electron chi connectivity index (χ3n) is 2.93. The molecular formula is C9H19NO3S. The first kappa shape index (κ1) is 11.9. The third kappa shape index (κ3) is 3.22. The maximum absolute atomic E-state index is 11.2. The van der Waals surface area contributed by atoms with Crippen LogP contribution in [0.1, 0.15) is 25.7 Å². The molecule has 4 nitrogen and oxygen atoms in total. The zero-order chi connectivity index (χ0) is 10.8. The molecule has 0 aromatic carbocycles. The number of rotatable bonds is 3. The van der Waals surface area contributed by atoms with Crippen LogP contribution in [-0.2, 0) is 10.0 Å². The van der Waals surface area contributed by atoms with Crippen molar-refractivity contribution in [3.8, 4) is 0 Å². The smallest absolute Gasteiger partial charge is 0.210 e. The van der Waals surface area contributed by atoms with Gasteiger partial charge in [0, 0.05) is 13.6 Å². The largest absolute Gasteiger partial charge is 0.393 e. The van der Waals surface area contributed by atoms with Crippen molar-refractivity contribution in [2.75, 3.05) is 19.8 Å². The Morgan fingerprint density at radius 1 is 1.36 bits per heavy atom. The molecule has 0 saturated heterocycles. The summed E-state index contributed by atoms with van der Waals surface area (Å²) < 4.78 is 23.6. The summed E-state index contributed by atoms with van der Waals surface area (Å²) in [5, 5.41) is 9.66. The topological polar surface area (TPSA) is 57.6 Å². The van der Waals surface area contributed by atoms with Gasteiger partial charge in [0.25, 0.3) is 0 Å². The zero-order valence-corrected chi connectivity index (χ0v) is 9.63. The van der Waals surface area contributed by atoms with E-state index in [-0.39, 0.29) is 12.0 Å². The molecule has 0 heterocycles. The van der Waals surface area contributed by atoms with Gasteiger partial charge in [-0.1, -0.05) is 12.8 Å². The molecular weight excluding hydrogens is 202 g/mol. The Bertz CT molecular complexity index is 276. The highest BCUT2D eigenvalue weighted by atomic mass is 32.2. The number of aliphatic hydroxyl groups excluding tert-OH is 1. The minimum absolute atomic E-state index is 0.114. The number of hydrogen-bond donors (Lipinski definition) is 1. The summed E-state index contributed by atoms with van der Waals surface area (Å²) in [5.41, 5.74) is 0. The Hall–Kier alpha value is -0.130. The lowest BCUT2D eigenvalue weighted by molar-refractivity contribution is 0.0621. The van der Waals surface area contributed by atoms with E-state index in [1.54, 1.807) is 7.05 Å². The van der Waals surface area contributed by atoms with Gasteiger partial charge in [-0.05, 0) is 18.8 Å². The van der Waals surface area contributed by atoms with Crippen LogP contribution in [-0.4, -0.2) is 43.8 Å². The molecule has 1 N–H and O–H groups in total. The summed E-state index contributed by atoms with van der Waals surface area (Å²) in [6, 6.07) is 0. The van der Waals surface area contributed by atoms with Crippen molar-refractivity contribution in [2.45, 2.75) is 31.8 Å². The van der Waals surface area contributed by atoms with E-state index < -0.39 is 10.0 Å². The van der Waals surface area contributed by atoms with Gasteiger partial charge < -0.3 is 5.11 Å². The summed E-state index contributed by atoms with van der Waals surface area (Å²) in [7, 11) is -1.54. The summed E-state index contributed by atoms with van der Waals surface area (Å²) >= 11 is 0. The maximum Gasteiger partial charge on any atom is 0.210 e. The Morgan fingerprint density at radius 2 is 1.93 bits per heavy atom. The highest BCUT2D eigenvalue weighted by molar-refractivity contribution is 7.88. The molecule has 2 unspecified atom stereocenters. The van der Waals surface area contributed by atoms with Crippen LogP contribution < -0.4 is 0 Å². The average molecular weight is 221 g/mol. The van der Waals surface area contributed by atoms with Crippen molar-refractivity contribution >= 4 is 10.0 Å². The summed E-state index contributed by atoms with van der Waals surface area (Å²) in [5.74, 6) is 0.114. The van der Waals surface area contributed by atoms with Gasteiger partial charge in [0.1, 0.15) is 0 Å². The molecule has 2 atom stereocenters. The van der Waals surface area contributed by atoms with E-state index in [9.17, 15) is 13.5 Å². The van der Waals surface area contributed by atoms with E-state index in [2.05, 4.69) is 0 Å². The van der Waals surface area contributed by atoms with Crippen LogP contribution in [0.3, 0.4) is 0 Å². The second-order valence-electron chi connectivity index (χ2n) is 4.16. The molecule has 0 aromatic rings. The number of sulfonamides is 1. The molecule has 0 aliphatic heterocycles. The van der Waals surface area contributed by atoms with Crippen molar-refractivity contribution < 1.29 is 13.5 Å². The predicted octanol–water partition coefficient (Wildman–Crippen LogP) is 0.429. The van der Waals surface area contributed by atoms with Crippen LogP contribution in [0.5, 0.6) is 0 Å². The third-order valence-corrected chi connectivity index (χ3v) is 4.21. The molecule has 0 bridgehead atoms. The Kier molecular flexibility index (Phi) is 3.92. The molecule has 14 heavy (non-hydrogen) atoms. The average Bonchev–Trinajstić information content (AvgIpc) is 2.07. The van der Waals surface area contributed by atoms with Crippen LogP contribution in [0.15, 0.2) is 0 Å². The molecule has 0 spiro atoms. The van der Waals surface area contributed by atoms with E-state index in [0.29, 0.717) is 6.54 Å². The monoisotopic (exact) mass is 221 g/mol. The molecule has 0 radical (unpaired) electrons. The molecule has 0 aromatic heterocycles. The highest BCUT2D eigenvalue weighted by Crippen LogP contribution is 2.25. The molecule has 5 heteroatoms. The minimum atomic E-state index is -3.10. The minimum Gasteiger partial charge on any atom is -0.393 e. The Morgan fingerprint density at radius 3 is 2.43 bits per heavy atom. The summed E-state index contributed by atoms with van der Waals surface area (Å²) in [6.07, 6.45) is 4.76. The van der Waals surface area contributed by atoms with E-state index in [0.717, 1.165) is 25.7 Å². The van der Waals surface area contributed by atoms with Gasteiger partial charge in [0.15, 0.2) is 0 Å². The van der Waals surface area contributed by atoms with Gasteiger partial charge in [0.05, 0.1) is 12.4 Å². The van der Waals surface area contributed by atoms with Crippen molar-refractivity contribution in [1.29, 1.82) is 0 Å². The molecule has 0 amide bonds. The van der Waals surface area contributed by atoms with Crippen molar-refractivity contribution in [2.24, 2.45) is 5.92 Å². The van der Waals surface area contributed by atoms with Crippen molar-refractivity contribution in [3.05, 3.63) is 0 Å². The summed E-state index contributed by atoms with van der Waals surface area (Å²) in [4.78, 5) is 0. The second kappa shape index (κ2) is 4.59. The predicted molar refractivity (Wildman–Crippen MR) is 55.4 cm³/mol. The summed E-state index contributed by atoms with van der Waals surface area (Å²) in [6.45, 7) is 0.444. The van der Waals surface area contributed by atoms with Crippen LogP contribution >= 0.6 is 0 Å². The lowest BCUT2D eigenvalue weighted by Crippen LogP contribution is -2.37. The van der Waals surface area contributed by atoms with E-state index >= 15 is 0 Å². The first-order chi connectivity index (χ1) is 6.41. The highest BCUT2D eigenvalue weighted by Gasteiger charge is 2.26. The van der Waals surface area contributed by atoms with Gasteiger partial charge in [-0.2, -0.15) is 0 Å². The Balaban J connectivity index is 2.50. The molecule has 1 aliphatic rings. The van der Waals surface area contributed by atoms with Crippen LogP contribution in [0, 0.1) is 5.92 Å². The van der Waals surface area contributed by atoms with E-state index in [1.807, 2.05) is 0 Å². The quantitative estimate of drug-likeness (QED) is 0.752. The normalized spacial score (nSPS) is 29.4. The zero-order valence-electron chi connectivity index (χ0n) is 8.81. The molecule has 1 fully saturated rings. The van der Waals surface area contributed by atoms with Crippen molar-refractivity contribution in [1.82, 2.24) is 4.31 Å². The lowest BCUT2D eigenvalue weighted by atomic mass is 9.86. The second-order valence-corrected chi connectivity index (χ2v) is 6.24. The van der Waals surface area contributed by atoms with Gasteiger partial charge in [-0.15, -0.1) is 0 Å². The Labute approximate surface area is 86.0 Å². The van der Waals surface area contributed by atoms with Gasteiger partial charge in [-0.3, -0.25) is 0 Å². The first-order valence-corrected chi connectivity index (χ1v) is 6.85. The van der Waals surface area contributed by atoms with E-state index in [4.69, 9.17) is 0 Å². The number of aliphatic hydroxyl groups is 1. The van der Waals surface area contributed by atoms with Crippen molar-refractivity contribution in [3.63, 3.8) is 0 Å². The molecule has 1 aliphatic carbocycles. The fourth-order valence-electron chi connectivity index (χ4n) is 1.87. The SMILES string of the molecule is CN(CC1CCCCC1O)S(C)(=O)=O. The number of nitrogens with zero attached hydrogens (tertiary/aromatic N) is 1. The fraction of sp³-hybridized carbons (Fsp3) is 1.00. The molecule has 1 rings (SSSR count). The van der Waals surface area contributed by atoms with Gasteiger partial charge >= 0.3 is 0 Å². The van der Waals surface area contributed by atoms with E-state index in [1.165, 1.54) is 10.6 Å². The van der Waals surface area contributed by atoms with Crippen LogP contribution in [0.25, 0.3) is 0 Å². The molecule has 1 saturated carbocycles. The van der Waals surface area contributed by atoms with Crippen LogP contribution in [0.4, 0.5) is 0 Å². The van der Waals surface area contributed by atoms with Gasteiger partial charge in [0.2, 0.25) is 10.0 Å². The van der Waals surface area contributed by atoms with Crippen LogP contribution in [0.2, 0.25) is 0 Å². The lowest BCUT2D eigenvalue weighted by Gasteiger charge is -2.30. The standard InChI is InChI=1S/C9H19NO3S/c1-10(14(2,12)13)7-8-5-3-4-6-9(8)11/h8-9,11H,3-7H2,1-2H3. The molecule has 84 valence electrons. The van der Waals surface area contributed by atoms with Gasteiger partial charge in [-0.25, -0.2) is 12.7 Å². The fourth-order valence-corrected chi connectivity index (χ4v) is 2.33. The number of hydrogen-bond acceptors (Lipinski definition) is 3.